The molecule has 1 aliphatic heterocycles. The van der Waals surface area contributed by atoms with Gasteiger partial charge in [0.05, 0.1) is 0 Å². The van der Waals surface area contributed by atoms with Gasteiger partial charge in [-0.15, -0.1) is 0 Å². The van der Waals surface area contributed by atoms with Crippen LogP contribution in [0.15, 0.2) is 27.1 Å². The summed E-state index contributed by atoms with van der Waals surface area (Å²) in [6, 6.07) is 7.49. The van der Waals surface area contributed by atoms with Crippen LogP contribution in [0.4, 0.5) is 5.69 Å². The number of halogens is 2. The molecule has 2 rings (SSSR count). The van der Waals surface area contributed by atoms with E-state index in [9.17, 15) is 0 Å². The molecule has 0 bridgehead atoms. The molecule has 0 aliphatic carbocycles. The highest BCUT2D eigenvalue weighted by atomic mass is 79.9. The number of hydrogen-bond acceptors (Lipinski definition) is 2. The predicted molar refractivity (Wildman–Crippen MR) is 85.1 cm³/mol. The summed E-state index contributed by atoms with van der Waals surface area (Å²) in [6.45, 7) is 5.79. The summed E-state index contributed by atoms with van der Waals surface area (Å²) in [5.74, 6) is 0.668. The number of anilines is 1. The summed E-state index contributed by atoms with van der Waals surface area (Å²) in [4.78, 5) is 2.44. The molecule has 100 valence electrons. The van der Waals surface area contributed by atoms with Crippen LogP contribution in [0.5, 0.6) is 0 Å². The van der Waals surface area contributed by atoms with E-state index in [0.717, 1.165) is 15.5 Å². The molecule has 1 aromatic carbocycles. The molecule has 3 unspecified atom stereocenters. The van der Waals surface area contributed by atoms with Crippen LogP contribution in [-0.2, 0) is 0 Å². The van der Waals surface area contributed by atoms with Crippen LogP contribution >= 0.6 is 31.9 Å². The molecule has 3 atom stereocenters. The van der Waals surface area contributed by atoms with Crippen molar-refractivity contribution >= 4 is 37.5 Å². The molecule has 1 aromatic rings. The molecular weight excluding hydrogens is 356 g/mol. The zero-order chi connectivity index (χ0) is 13.3. The van der Waals surface area contributed by atoms with Gasteiger partial charge >= 0.3 is 0 Å². The van der Waals surface area contributed by atoms with Gasteiger partial charge < -0.3 is 10.2 Å². The van der Waals surface area contributed by atoms with E-state index >= 15 is 0 Å². The number of benzene rings is 1. The van der Waals surface area contributed by atoms with Gasteiger partial charge in [-0.05, 0) is 60.4 Å². The molecule has 18 heavy (non-hydrogen) atoms. The van der Waals surface area contributed by atoms with Gasteiger partial charge in [-0.25, -0.2) is 0 Å². The van der Waals surface area contributed by atoms with Gasteiger partial charge in [-0.1, -0.05) is 22.9 Å². The number of nitrogens with zero attached hydrogens (tertiary/aromatic N) is 1. The molecule has 1 heterocycles. The molecule has 0 saturated carbocycles. The topological polar surface area (TPSA) is 15.3 Å². The third kappa shape index (κ3) is 3.28. The van der Waals surface area contributed by atoms with Crippen molar-refractivity contribution < 1.29 is 0 Å². The van der Waals surface area contributed by atoms with Crippen molar-refractivity contribution in [1.82, 2.24) is 4.90 Å². The SMILES string of the molecule is CC1CN(C)C(C)CC1Nc1ccc(Br)cc1Br. The Kier molecular flexibility index (Phi) is 4.73. The summed E-state index contributed by atoms with van der Waals surface area (Å²) >= 11 is 7.10. The maximum Gasteiger partial charge on any atom is 0.0487 e. The fourth-order valence-corrected chi connectivity index (χ4v) is 3.71. The van der Waals surface area contributed by atoms with E-state index in [-0.39, 0.29) is 0 Å². The standard InChI is InChI=1S/C14H20Br2N2/c1-9-8-18(3)10(2)6-14(9)17-13-5-4-11(15)7-12(13)16/h4-5,7,9-10,14,17H,6,8H2,1-3H3. The van der Waals surface area contributed by atoms with E-state index in [1.165, 1.54) is 12.1 Å². The van der Waals surface area contributed by atoms with Crippen LogP contribution in [0, 0.1) is 5.92 Å². The molecule has 0 aromatic heterocycles. The summed E-state index contributed by atoms with van der Waals surface area (Å²) in [5, 5.41) is 3.68. The maximum absolute atomic E-state index is 3.68. The Morgan fingerprint density at radius 1 is 1.28 bits per heavy atom. The second-order valence-electron chi connectivity index (χ2n) is 5.38. The number of nitrogens with one attached hydrogen (secondary N) is 1. The summed E-state index contributed by atoms with van der Waals surface area (Å²) in [7, 11) is 2.22. The minimum Gasteiger partial charge on any atom is -0.381 e. The van der Waals surface area contributed by atoms with Crippen molar-refractivity contribution in [2.24, 2.45) is 5.92 Å². The molecule has 0 amide bonds. The first kappa shape index (κ1) is 14.4. The Bertz CT molecular complexity index is 422. The normalized spacial score (nSPS) is 29.3. The molecular formula is C14H20Br2N2. The Balaban J connectivity index is 2.08. The van der Waals surface area contributed by atoms with Crippen LogP contribution in [0.2, 0.25) is 0 Å². The molecule has 4 heteroatoms. The summed E-state index contributed by atoms with van der Waals surface area (Å²) in [5.41, 5.74) is 1.19. The van der Waals surface area contributed by atoms with Gasteiger partial charge in [-0.2, -0.15) is 0 Å². The van der Waals surface area contributed by atoms with Gasteiger partial charge in [0.25, 0.3) is 0 Å². The molecule has 2 nitrogen and oxygen atoms in total. The average molecular weight is 376 g/mol. The highest BCUT2D eigenvalue weighted by Crippen LogP contribution is 2.30. The number of rotatable bonds is 2. The first-order valence-electron chi connectivity index (χ1n) is 6.39. The number of hydrogen-bond donors (Lipinski definition) is 1. The van der Waals surface area contributed by atoms with E-state index in [0.29, 0.717) is 18.0 Å². The monoisotopic (exact) mass is 374 g/mol. The van der Waals surface area contributed by atoms with E-state index in [2.05, 4.69) is 81.2 Å². The number of likely N-dealkylation sites (tertiary alicyclic amines) is 1. The molecule has 0 radical (unpaired) electrons. The zero-order valence-corrected chi connectivity index (χ0v) is 14.3. The highest BCUT2D eigenvalue weighted by molar-refractivity contribution is 9.11. The van der Waals surface area contributed by atoms with Gasteiger partial charge in [0.15, 0.2) is 0 Å². The van der Waals surface area contributed by atoms with Crippen molar-refractivity contribution in [1.29, 1.82) is 0 Å². The Morgan fingerprint density at radius 2 is 2.00 bits per heavy atom. The van der Waals surface area contributed by atoms with Gasteiger partial charge in [0, 0.05) is 33.3 Å². The lowest BCUT2D eigenvalue weighted by Gasteiger charge is -2.40. The third-order valence-corrected chi connectivity index (χ3v) is 5.03. The second kappa shape index (κ2) is 5.93. The van der Waals surface area contributed by atoms with Crippen molar-refractivity contribution in [2.75, 3.05) is 18.9 Å². The molecule has 1 saturated heterocycles. The first-order chi connectivity index (χ1) is 8.47. The lowest BCUT2D eigenvalue weighted by molar-refractivity contribution is 0.145. The molecule has 1 fully saturated rings. The van der Waals surface area contributed by atoms with Gasteiger partial charge in [0.2, 0.25) is 0 Å². The summed E-state index contributed by atoms with van der Waals surface area (Å²) in [6.07, 6.45) is 1.19. The van der Waals surface area contributed by atoms with Crippen molar-refractivity contribution in [2.45, 2.75) is 32.4 Å². The average Bonchev–Trinajstić information content (AvgIpc) is 2.29. The molecule has 1 N–H and O–H groups in total. The third-order valence-electron chi connectivity index (χ3n) is 3.88. The first-order valence-corrected chi connectivity index (χ1v) is 7.98. The lowest BCUT2D eigenvalue weighted by atomic mass is 9.89. The van der Waals surface area contributed by atoms with E-state index in [4.69, 9.17) is 0 Å². The minimum atomic E-state index is 0.550. The highest BCUT2D eigenvalue weighted by Gasteiger charge is 2.28. The minimum absolute atomic E-state index is 0.550. The van der Waals surface area contributed by atoms with Crippen LogP contribution in [0.3, 0.4) is 0 Å². The van der Waals surface area contributed by atoms with Crippen LogP contribution in [0.25, 0.3) is 0 Å². The number of piperidine rings is 1. The van der Waals surface area contributed by atoms with Crippen LogP contribution < -0.4 is 5.32 Å². The van der Waals surface area contributed by atoms with Crippen molar-refractivity contribution in [3.63, 3.8) is 0 Å². The van der Waals surface area contributed by atoms with Gasteiger partial charge in [-0.3, -0.25) is 0 Å². The van der Waals surface area contributed by atoms with Crippen molar-refractivity contribution in [3.8, 4) is 0 Å². The molecule has 1 aliphatic rings. The van der Waals surface area contributed by atoms with Crippen LogP contribution in [-0.4, -0.2) is 30.6 Å². The summed E-state index contributed by atoms with van der Waals surface area (Å²) < 4.78 is 2.22. The molecule has 0 spiro atoms. The largest absolute Gasteiger partial charge is 0.381 e. The van der Waals surface area contributed by atoms with E-state index in [1.807, 2.05) is 0 Å². The lowest BCUT2D eigenvalue weighted by Crippen LogP contribution is -2.48. The van der Waals surface area contributed by atoms with Crippen molar-refractivity contribution in [3.05, 3.63) is 27.1 Å². The van der Waals surface area contributed by atoms with E-state index < -0.39 is 0 Å². The predicted octanol–water partition coefficient (Wildman–Crippen LogP) is 4.35. The van der Waals surface area contributed by atoms with E-state index in [1.54, 1.807) is 0 Å². The Hall–Kier alpha value is -0.0600. The smallest absolute Gasteiger partial charge is 0.0487 e. The maximum atomic E-state index is 3.68. The Morgan fingerprint density at radius 3 is 2.67 bits per heavy atom. The Labute approximate surface area is 126 Å². The zero-order valence-electron chi connectivity index (χ0n) is 11.1. The fraction of sp³-hybridized carbons (Fsp3) is 0.571. The second-order valence-corrected chi connectivity index (χ2v) is 7.15. The van der Waals surface area contributed by atoms with Gasteiger partial charge in [0.1, 0.15) is 0 Å². The quantitative estimate of drug-likeness (QED) is 0.826. The fourth-order valence-electron chi connectivity index (χ4n) is 2.55. The van der Waals surface area contributed by atoms with Crippen LogP contribution in [0.1, 0.15) is 20.3 Å².